The molecule has 42 heavy (non-hydrogen) atoms. The number of ether oxygens (including phenoxy) is 2. The van der Waals surface area contributed by atoms with E-state index in [1.807, 2.05) is 6.07 Å². The summed E-state index contributed by atoms with van der Waals surface area (Å²) in [4.78, 5) is 22.5. The van der Waals surface area contributed by atoms with Gasteiger partial charge in [-0.25, -0.2) is 18.6 Å². The van der Waals surface area contributed by atoms with Gasteiger partial charge in [0.05, 0.1) is 61.2 Å². The van der Waals surface area contributed by atoms with Gasteiger partial charge in [0.2, 0.25) is 5.95 Å². The van der Waals surface area contributed by atoms with Crippen molar-refractivity contribution in [3.63, 3.8) is 0 Å². The number of nitrogens with two attached hydrogens (primary N) is 1. The van der Waals surface area contributed by atoms with Crippen LogP contribution in [0.1, 0.15) is 42.7 Å². The molecule has 4 aromatic rings. The highest BCUT2D eigenvalue weighted by molar-refractivity contribution is 5.68. The number of imidazole rings is 1. The number of halogens is 2. The molecule has 2 aliphatic rings. The molecule has 1 aromatic carbocycles. The third-order valence-electron chi connectivity index (χ3n) is 8.50. The number of carbonyl (C=O) groups excluding carboxylic acids is 1. The molecule has 1 amide bonds. The Hall–Kier alpha value is -4.16. The molecule has 0 unspecified atom stereocenters. The van der Waals surface area contributed by atoms with Crippen LogP contribution in [-0.2, 0) is 9.47 Å². The van der Waals surface area contributed by atoms with Crippen molar-refractivity contribution in [2.24, 2.45) is 11.7 Å². The predicted octanol–water partition coefficient (Wildman–Crippen LogP) is 4.83. The van der Waals surface area contributed by atoms with Crippen LogP contribution in [0.3, 0.4) is 0 Å². The van der Waals surface area contributed by atoms with Crippen LogP contribution < -0.4 is 11.1 Å². The van der Waals surface area contributed by atoms with Crippen molar-refractivity contribution < 1.29 is 23.0 Å². The lowest BCUT2D eigenvalue weighted by Crippen LogP contribution is -2.55. The summed E-state index contributed by atoms with van der Waals surface area (Å²) in [6.07, 6.45) is 6.12. The van der Waals surface area contributed by atoms with E-state index in [-0.39, 0.29) is 41.1 Å². The van der Waals surface area contributed by atoms with E-state index in [0.29, 0.717) is 36.7 Å². The van der Waals surface area contributed by atoms with Crippen LogP contribution in [0.4, 0.5) is 25.2 Å². The number of carbonyl (C=O) groups is 1. The van der Waals surface area contributed by atoms with E-state index in [1.165, 1.54) is 23.8 Å². The SMILES string of the molecule is COC(=O)N(C)[C@@H]1[C@H](N)C[C@H](c2ccncc2Nc2ncc3ccc(-c4c(F)cc(C5COC5)cc4F)nn23)C[C@@H]1C. The van der Waals surface area contributed by atoms with Gasteiger partial charge < -0.3 is 25.4 Å². The molecule has 1 saturated carbocycles. The number of aromatic nitrogens is 4. The molecule has 12 heteroatoms. The maximum absolute atomic E-state index is 15.1. The van der Waals surface area contributed by atoms with E-state index < -0.39 is 17.7 Å². The Labute approximate surface area is 241 Å². The molecule has 220 valence electrons. The third kappa shape index (κ3) is 5.05. The molecule has 3 N–H and O–H groups in total. The molecule has 2 fully saturated rings. The minimum atomic E-state index is -0.674. The lowest BCUT2D eigenvalue weighted by Gasteiger charge is -2.43. The van der Waals surface area contributed by atoms with Gasteiger partial charge in [-0.15, -0.1) is 0 Å². The molecular weight excluding hydrogens is 544 g/mol. The van der Waals surface area contributed by atoms with Crippen LogP contribution >= 0.6 is 0 Å². The first-order valence-electron chi connectivity index (χ1n) is 13.9. The van der Waals surface area contributed by atoms with E-state index in [1.54, 1.807) is 42.7 Å². The number of hydrogen-bond acceptors (Lipinski definition) is 8. The predicted molar refractivity (Wildman–Crippen MR) is 152 cm³/mol. The number of nitrogens with one attached hydrogen (secondary N) is 1. The van der Waals surface area contributed by atoms with Crippen molar-refractivity contribution in [3.05, 3.63) is 71.7 Å². The fourth-order valence-corrected chi connectivity index (χ4v) is 6.35. The van der Waals surface area contributed by atoms with Gasteiger partial charge in [0.15, 0.2) is 0 Å². The van der Waals surface area contributed by atoms with Crippen LogP contribution in [-0.4, -0.2) is 70.0 Å². The van der Waals surface area contributed by atoms with Gasteiger partial charge in [-0.1, -0.05) is 6.92 Å². The van der Waals surface area contributed by atoms with Crippen LogP contribution in [0.15, 0.2) is 48.9 Å². The average Bonchev–Trinajstić information content (AvgIpc) is 3.33. The molecule has 4 atom stereocenters. The molecule has 0 radical (unpaired) electrons. The second kappa shape index (κ2) is 11.3. The fraction of sp³-hybridized carbons (Fsp3) is 0.400. The van der Waals surface area contributed by atoms with Gasteiger partial charge in [-0.05, 0) is 66.1 Å². The monoisotopic (exact) mass is 577 g/mol. The normalized spacial score (nSPS) is 22.5. The summed E-state index contributed by atoms with van der Waals surface area (Å²) in [5, 5.41) is 7.88. The van der Waals surface area contributed by atoms with Crippen molar-refractivity contribution >= 4 is 23.2 Å². The number of rotatable bonds is 6. The molecular formula is C30H33F2N7O3. The number of pyridine rings is 1. The van der Waals surface area contributed by atoms with Gasteiger partial charge in [-0.2, -0.15) is 9.61 Å². The van der Waals surface area contributed by atoms with Crippen molar-refractivity contribution in [2.45, 2.75) is 43.7 Å². The summed E-state index contributed by atoms with van der Waals surface area (Å²) in [6.45, 7) is 3.00. The molecule has 3 aromatic heterocycles. The number of hydrogen-bond donors (Lipinski definition) is 2. The van der Waals surface area contributed by atoms with Crippen LogP contribution in [0.2, 0.25) is 0 Å². The second-order valence-electron chi connectivity index (χ2n) is 11.2. The van der Waals surface area contributed by atoms with Crippen LogP contribution in [0.5, 0.6) is 0 Å². The average molecular weight is 578 g/mol. The van der Waals surface area contributed by atoms with Gasteiger partial charge in [0.1, 0.15) is 11.6 Å². The fourth-order valence-electron chi connectivity index (χ4n) is 6.35. The van der Waals surface area contributed by atoms with Crippen molar-refractivity contribution in [3.8, 4) is 11.3 Å². The number of benzene rings is 1. The maximum atomic E-state index is 15.1. The van der Waals surface area contributed by atoms with Crippen LogP contribution in [0.25, 0.3) is 16.8 Å². The van der Waals surface area contributed by atoms with Gasteiger partial charge >= 0.3 is 6.09 Å². The summed E-state index contributed by atoms with van der Waals surface area (Å²) in [6, 6.07) is 7.56. The number of amides is 1. The van der Waals surface area contributed by atoms with E-state index >= 15 is 8.78 Å². The Bertz CT molecular complexity index is 1590. The number of likely N-dealkylation sites (N-methyl/N-ethyl adjacent to an activating group) is 1. The van der Waals surface area contributed by atoms with Gasteiger partial charge in [0.25, 0.3) is 0 Å². The third-order valence-corrected chi connectivity index (χ3v) is 8.50. The molecule has 4 heterocycles. The molecule has 0 bridgehead atoms. The molecule has 0 spiro atoms. The largest absolute Gasteiger partial charge is 0.453 e. The summed E-state index contributed by atoms with van der Waals surface area (Å²) in [7, 11) is 3.08. The number of nitrogens with zero attached hydrogens (tertiary/aromatic N) is 5. The number of methoxy groups -OCH3 is 1. The number of anilines is 2. The maximum Gasteiger partial charge on any atom is 0.409 e. The number of fused-ring (bicyclic) bond motifs is 1. The highest BCUT2D eigenvalue weighted by Gasteiger charge is 2.39. The van der Waals surface area contributed by atoms with Crippen molar-refractivity contribution in [2.75, 3.05) is 32.7 Å². The zero-order valence-electron chi connectivity index (χ0n) is 23.6. The first-order valence-corrected chi connectivity index (χ1v) is 13.9. The minimum Gasteiger partial charge on any atom is -0.453 e. The smallest absolute Gasteiger partial charge is 0.409 e. The Morgan fingerprint density at radius 3 is 2.57 bits per heavy atom. The van der Waals surface area contributed by atoms with Crippen LogP contribution in [0, 0.1) is 17.6 Å². The molecule has 6 rings (SSSR count). The molecule has 1 aliphatic heterocycles. The molecule has 10 nitrogen and oxygen atoms in total. The highest BCUT2D eigenvalue weighted by Crippen LogP contribution is 2.40. The quantitative estimate of drug-likeness (QED) is 0.334. The highest BCUT2D eigenvalue weighted by atomic mass is 19.1. The van der Waals surface area contributed by atoms with Crippen molar-refractivity contribution in [1.29, 1.82) is 0 Å². The van der Waals surface area contributed by atoms with E-state index in [4.69, 9.17) is 15.2 Å². The topological polar surface area (TPSA) is 120 Å². The first kappa shape index (κ1) is 28.0. The second-order valence-corrected chi connectivity index (χ2v) is 11.2. The van der Waals surface area contributed by atoms with E-state index in [0.717, 1.165) is 17.7 Å². The van der Waals surface area contributed by atoms with Crippen molar-refractivity contribution in [1.82, 2.24) is 24.5 Å². The standard InChI is InChI=1S/C30H33F2N7O3/c1-16-8-18(11-24(33)28(16)38(2)30(40)41-3)21-6-7-34-13-26(21)36-29-35-12-20-4-5-25(37-39(20)29)27-22(31)9-17(10-23(27)32)19-14-42-15-19/h4-7,9-10,12-13,16,18-19,24,28H,8,11,14-15,33H2,1-3H3,(H,35,36)/t16-,18+,24+,28-/m0/s1. The molecule has 1 saturated heterocycles. The lowest BCUT2D eigenvalue weighted by atomic mass is 9.73. The molecule has 1 aliphatic carbocycles. The lowest BCUT2D eigenvalue weighted by molar-refractivity contribution is 0.00822. The van der Waals surface area contributed by atoms with Gasteiger partial charge in [0, 0.05) is 25.2 Å². The Morgan fingerprint density at radius 2 is 1.90 bits per heavy atom. The Kier molecular flexibility index (Phi) is 7.50. The Morgan fingerprint density at radius 1 is 1.14 bits per heavy atom. The summed E-state index contributed by atoms with van der Waals surface area (Å²) in [5.74, 6) is -0.758. The van der Waals surface area contributed by atoms with Gasteiger partial charge in [-0.3, -0.25) is 4.98 Å². The van der Waals surface area contributed by atoms with E-state index in [9.17, 15) is 4.79 Å². The summed E-state index contributed by atoms with van der Waals surface area (Å²) in [5.41, 5.74) is 9.52. The summed E-state index contributed by atoms with van der Waals surface area (Å²) < 4.78 is 41.9. The Balaban J connectivity index is 1.28. The summed E-state index contributed by atoms with van der Waals surface area (Å²) >= 11 is 0. The zero-order chi connectivity index (χ0) is 29.5. The first-order chi connectivity index (χ1) is 20.2. The zero-order valence-corrected chi connectivity index (χ0v) is 23.6. The minimum absolute atomic E-state index is 0.00189. The van der Waals surface area contributed by atoms with E-state index in [2.05, 4.69) is 27.3 Å².